The monoisotopic (exact) mass is 446 g/mol. The molecule has 1 aliphatic heterocycles. The SMILES string of the molecule is O=C(CCCCCNc1cc(N2CCc3ccccc3CC2)nc(-c2ccccn2)n1)NO. The fraction of sp³-hybridized carbons (Fsp3) is 0.360. The zero-order valence-corrected chi connectivity index (χ0v) is 18.7. The molecule has 0 atom stereocenters. The van der Waals surface area contributed by atoms with Crippen LogP contribution in [0.1, 0.15) is 36.8 Å². The van der Waals surface area contributed by atoms with E-state index in [2.05, 4.69) is 39.5 Å². The van der Waals surface area contributed by atoms with Gasteiger partial charge in [-0.1, -0.05) is 36.8 Å². The lowest BCUT2D eigenvalue weighted by atomic mass is 10.0. The van der Waals surface area contributed by atoms with E-state index < -0.39 is 0 Å². The molecule has 3 aromatic rings. The van der Waals surface area contributed by atoms with Gasteiger partial charge in [0.2, 0.25) is 5.91 Å². The highest BCUT2D eigenvalue weighted by Gasteiger charge is 2.17. The Kier molecular flexibility index (Phi) is 7.81. The van der Waals surface area contributed by atoms with Gasteiger partial charge in [-0.05, 0) is 48.9 Å². The molecule has 3 heterocycles. The van der Waals surface area contributed by atoms with Gasteiger partial charge in [-0.15, -0.1) is 0 Å². The quantitative estimate of drug-likeness (QED) is 0.262. The van der Waals surface area contributed by atoms with E-state index in [1.165, 1.54) is 11.1 Å². The third-order valence-electron chi connectivity index (χ3n) is 5.86. The molecule has 0 unspecified atom stereocenters. The number of unbranched alkanes of at least 4 members (excludes halogenated alkanes) is 2. The van der Waals surface area contributed by atoms with Crippen LogP contribution in [-0.2, 0) is 17.6 Å². The molecular weight excluding hydrogens is 416 g/mol. The number of amides is 1. The summed E-state index contributed by atoms with van der Waals surface area (Å²) in [5, 5.41) is 12.0. The number of nitrogens with one attached hydrogen (secondary N) is 2. The summed E-state index contributed by atoms with van der Waals surface area (Å²) in [5.41, 5.74) is 5.23. The van der Waals surface area contributed by atoms with Crippen LogP contribution in [0.25, 0.3) is 11.5 Å². The van der Waals surface area contributed by atoms with Crippen molar-refractivity contribution >= 4 is 17.5 Å². The van der Waals surface area contributed by atoms with Gasteiger partial charge in [0.15, 0.2) is 5.82 Å². The molecular formula is C25H30N6O2. The lowest BCUT2D eigenvalue weighted by molar-refractivity contribution is -0.129. The number of carbonyl (C=O) groups is 1. The van der Waals surface area contributed by atoms with Gasteiger partial charge in [-0.3, -0.25) is 15.0 Å². The van der Waals surface area contributed by atoms with Gasteiger partial charge in [0.05, 0.1) is 0 Å². The molecule has 1 aromatic carbocycles. The molecule has 1 aliphatic rings. The van der Waals surface area contributed by atoms with Crippen LogP contribution in [0.3, 0.4) is 0 Å². The number of anilines is 2. The highest BCUT2D eigenvalue weighted by Crippen LogP contribution is 2.24. The molecule has 0 bridgehead atoms. The van der Waals surface area contributed by atoms with Gasteiger partial charge in [-0.2, -0.15) is 0 Å². The number of benzene rings is 1. The van der Waals surface area contributed by atoms with E-state index in [0.29, 0.717) is 12.2 Å². The zero-order chi connectivity index (χ0) is 22.9. The van der Waals surface area contributed by atoms with Crippen LogP contribution >= 0.6 is 0 Å². The minimum Gasteiger partial charge on any atom is -0.370 e. The van der Waals surface area contributed by atoms with Crippen molar-refractivity contribution in [1.82, 2.24) is 20.4 Å². The van der Waals surface area contributed by atoms with E-state index in [9.17, 15) is 4.79 Å². The second kappa shape index (κ2) is 11.4. The number of aromatic nitrogens is 3. The number of nitrogens with zero attached hydrogens (tertiary/aromatic N) is 4. The maximum Gasteiger partial charge on any atom is 0.243 e. The van der Waals surface area contributed by atoms with Crippen molar-refractivity contribution in [3.63, 3.8) is 0 Å². The molecule has 8 heteroatoms. The average molecular weight is 447 g/mol. The minimum absolute atomic E-state index is 0.329. The van der Waals surface area contributed by atoms with Crippen LogP contribution in [0, 0.1) is 0 Å². The molecule has 0 saturated carbocycles. The molecule has 8 nitrogen and oxygen atoms in total. The van der Waals surface area contributed by atoms with Crippen LogP contribution in [-0.4, -0.2) is 45.7 Å². The van der Waals surface area contributed by atoms with E-state index >= 15 is 0 Å². The Morgan fingerprint density at radius 3 is 2.42 bits per heavy atom. The first-order chi connectivity index (χ1) is 16.2. The zero-order valence-electron chi connectivity index (χ0n) is 18.7. The number of rotatable bonds is 9. The summed E-state index contributed by atoms with van der Waals surface area (Å²) in [6.07, 6.45) is 6.58. The Hall–Kier alpha value is -3.52. The van der Waals surface area contributed by atoms with Crippen molar-refractivity contribution < 1.29 is 10.0 Å². The van der Waals surface area contributed by atoms with Crippen LogP contribution in [0.5, 0.6) is 0 Å². The molecule has 4 rings (SSSR count). The predicted molar refractivity (Wildman–Crippen MR) is 128 cm³/mol. The molecule has 3 N–H and O–H groups in total. The lowest BCUT2D eigenvalue weighted by Crippen LogP contribution is -2.27. The van der Waals surface area contributed by atoms with E-state index in [0.717, 1.165) is 69.1 Å². The van der Waals surface area contributed by atoms with E-state index in [-0.39, 0.29) is 5.91 Å². The third kappa shape index (κ3) is 6.26. The molecule has 33 heavy (non-hydrogen) atoms. The van der Waals surface area contributed by atoms with Crippen LogP contribution in [0.15, 0.2) is 54.7 Å². The van der Waals surface area contributed by atoms with Crippen molar-refractivity contribution in [2.75, 3.05) is 29.9 Å². The molecule has 0 radical (unpaired) electrons. The summed E-state index contributed by atoms with van der Waals surface area (Å²) in [5.74, 6) is 1.94. The standard InChI is InChI=1S/C25H30N6O2/c32-24(30-33)11-2-1-6-15-27-22-18-23(29-25(28-22)21-10-5-7-14-26-21)31-16-12-19-8-3-4-9-20(19)13-17-31/h3-5,7-10,14,18,33H,1-2,6,11-13,15-17H2,(H,30,32)(H,27,28,29). The lowest BCUT2D eigenvalue weighted by Gasteiger charge is -2.22. The van der Waals surface area contributed by atoms with Crippen molar-refractivity contribution in [3.05, 3.63) is 65.9 Å². The first-order valence-electron chi connectivity index (χ1n) is 11.5. The topological polar surface area (TPSA) is 103 Å². The number of carbonyl (C=O) groups excluding carboxylic acids is 1. The van der Waals surface area contributed by atoms with Crippen molar-refractivity contribution in [3.8, 4) is 11.5 Å². The second-order valence-electron chi connectivity index (χ2n) is 8.18. The highest BCUT2D eigenvalue weighted by molar-refractivity contribution is 5.74. The van der Waals surface area contributed by atoms with Gasteiger partial charge in [-0.25, -0.2) is 15.4 Å². The van der Waals surface area contributed by atoms with Crippen molar-refractivity contribution in [2.45, 2.75) is 38.5 Å². The first-order valence-corrected chi connectivity index (χ1v) is 11.5. The molecule has 1 amide bonds. The van der Waals surface area contributed by atoms with Crippen LogP contribution in [0.2, 0.25) is 0 Å². The summed E-state index contributed by atoms with van der Waals surface area (Å²) >= 11 is 0. The Morgan fingerprint density at radius 1 is 0.970 bits per heavy atom. The average Bonchev–Trinajstić information content (AvgIpc) is 3.09. The maximum atomic E-state index is 11.1. The maximum absolute atomic E-state index is 11.1. The highest BCUT2D eigenvalue weighted by atomic mass is 16.5. The number of hydrogen-bond donors (Lipinski definition) is 3. The van der Waals surface area contributed by atoms with E-state index in [1.807, 2.05) is 24.3 Å². The van der Waals surface area contributed by atoms with E-state index in [1.54, 1.807) is 11.7 Å². The minimum atomic E-state index is -0.344. The molecule has 0 saturated heterocycles. The summed E-state index contributed by atoms with van der Waals surface area (Å²) in [4.78, 5) is 27.5. The van der Waals surface area contributed by atoms with Crippen molar-refractivity contribution in [2.24, 2.45) is 0 Å². The Bertz CT molecular complexity index is 1030. The van der Waals surface area contributed by atoms with Crippen molar-refractivity contribution in [1.29, 1.82) is 0 Å². The fourth-order valence-electron chi connectivity index (χ4n) is 4.05. The number of hydrogen-bond acceptors (Lipinski definition) is 7. The third-order valence-corrected chi connectivity index (χ3v) is 5.86. The van der Waals surface area contributed by atoms with Crippen LogP contribution in [0.4, 0.5) is 11.6 Å². The normalized spacial score (nSPS) is 13.2. The van der Waals surface area contributed by atoms with Gasteiger partial charge >= 0.3 is 0 Å². The summed E-state index contributed by atoms with van der Waals surface area (Å²) in [6.45, 7) is 2.55. The van der Waals surface area contributed by atoms with Gasteiger partial charge < -0.3 is 10.2 Å². The molecule has 2 aromatic heterocycles. The summed E-state index contributed by atoms with van der Waals surface area (Å²) in [7, 11) is 0. The smallest absolute Gasteiger partial charge is 0.243 e. The second-order valence-corrected chi connectivity index (χ2v) is 8.18. The fourth-order valence-corrected chi connectivity index (χ4v) is 4.05. The Morgan fingerprint density at radius 2 is 1.73 bits per heavy atom. The Labute approximate surface area is 194 Å². The molecule has 0 fully saturated rings. The first kappa shape index (κ1) is 22.7. The number of fused-ring (bicyclic) bond motifs is 1. The van der Waals surface area contributed by atoms with Crippen LogP contribution < -0.4 is 15.7 Å². The summed E-state index contributed by atoms with van der Waals surface area (Å²) in [6, 6.07) is 16.4. The Balaban J connectivity index is 1.46. The molecule has 0 spiro atoms. The predicted octanol–water partition coefficient (Wildman–Crippen LogP) is 3.62. The molecule has 0 aliphatic carbocycles. The summed E-state index contributed by atoms with van der Waals surface area (Å²) < 4.78 is 0. The number of pyridine rings is 1. The molecule has 172 valence electrons. The van der Waals surface area contributed by atoms with E-state index in [4.69, 9.17) is 15.2 Å². The van der Waals surface area contributed by atoms with Gasteiger partial charge in [0.1, 0.15) is 17.3 Å². The van der Waals surface area contributed by atoms with Gasteiger partial charge in [0, 0.05) is 38.3 Å². The largest absolute Gasteiger partial charge is 0.370 e. The van der Waals surface area contributed by atoms with Gasteiger partial charge in [0.25, 0.3) is 0 Å². The number of hydroxylamine groups is 1.